The summed E-state index contributed by atoms with van der Waals surface area (Å²) >= 11 is 0. The number of pyridine rings is 1. The molecule has 1 N–H and O–H groups in total. The molecule has 7 nitrogen and oxygen atoms in total. The van der Waals surface area contributed by atoms with Crippen LogP contribution in [0.1, 0.15) is 44.9 Å². The van der Waals surface area contributed by atoms with Crippen molar-refractivity contribution in [3.63, 3.8) is 0 Å². The lowest BCUT2D eigenvalue weighted by Gasteiger charge is -2.19. The summed E-state index contributed by atoms with van der Waals surface area (Å²) in [6.07, 6.45) is 5.33. The van der Waals surface area contributed by atoms with Crippen molar-refractivity contribution in [1.82, 2.24) is 9.61 Å². The molecule has 0 aliphatic carbocycles. The van der Waals surface area contributed by atoms with E-state index in [-0.39, 0.29) is 10.3 Å². The van der Waals surface area contributed by atoms with E-state index in [1.807, 2.05) is 24.4 Å². The minimum Gasteiger partial charge on any atom is -0.494 e. The van der Waals surface area contributed by atoms with Crippen molar-refractivity contribution < 1.29 is 13.2 Å². The minimum atomic E-state index is -3.79. The van der Waals surface area contributed by atoms with E-state index in [1.54, 1.807) is 42.1 Å². The summed E-state index contributed by atoms with van der Waals surface area (Å²) in [5.74, 6) is 0.943. The fourth-order valence-electron chi connectivity index (χ4n) is 3.48. The predicted octanol–water partition coefficient (Wildman–Crippen LogP) is 4.65. The van der Waals surface area contributed by atoms with Gasteiger partial charge in [-0.3, -0.25) is 9.71 Å². The Balaban J connectivity index is 1.73. The summed E-state index contributed by atoms with van der Waals surface area (Å²) < 4.78 is 35.8. The summed E-state index contributed by atoms with van der Waals surface area (Å²) in [5.41, 5.74) is 3.44. The van der Waals surface area contributed by atoms with E-state index in [4.69, 9.17) is 4.74 Å². The monoisotopic (exact) mass is 438 g/mol. The molecule has 0 radical (unpaired) electrons. The molecule has 31 heavy (non-hydrogen) atoms. The topological polar surface area (TPSA) is 85.1 Å². The van der Waals surface area contributed by atoms with Crippen LogP contribution in [0.3, 0.4) is 0 Å². The third-order valence-electron chi connectivity index (χ3n) is 5.28. The zero-order valence-corrected chi connectivity index (χ0v) is 18.9. The van der Waals surface area contributed by atoms with Gasteiger partial charge in [-0.15, -0.1) is 0 Å². The number of fused-ring (bicyclic) bond motifs is 1. The summed E-state index contributed by atoms with van der Waals surface area (Å²) in [4.78, 5) is 4.41. The Bertz CT molecular complexity index is 1280. The smallest absolute Gasteiger partial charge is 0.263 e. The van der Waals surface area contributed by atoms with Crippen molar-refractivity contribution in [2.45, 2.75) is 43.9 Å². The quantitative estimate of drug-likeness (QED) is 0.628. The molecule has 162 valence electrons. The van der Waals surface area contributed by atoms with Crippen LogP contribution >= 0.6 is 0 Å². The molecular weight excluding hydrogens is 412 g/mol. The van der Waals surface area contributed by atoms with Crippen molar-refractivity contribution in [3.05, 3.63) is 59.9 Å². The van der Waals surface area contributed by atoms with Gasteiger partial charge in [-0.05, 0) is 59.7 Å². The van der Waals surface area contributed by atoms with Crippen molar-refractivity contribution in [1.29, 1.82) is 0 Å². The molecule has 0 fully saturated rings. The number of hydrogen-bond acceptors (Lipinski definition) is 5. The van der Waals surface area contributed by atoms with E-state index < -0.39 is 10.0 Å². The molecule has 0 unspecified atom stereocenters. The first kappa shape index (κ1) is 21.1. The lowest BCUT2D eigenvalue weighted by atomic mass is 9.87. The van der Waals surface area contributed by atoms with Gasteiger partial charge in [-0.25, -0.2) is 12.9 Å². The van der Waals surface area contributed by atoms with Crippen molar-refractivity contribution in [2.24, 2.45) is 4.99 Å². The molecule has 2 aromatic heterocycles. The average molecular weight is 439 g/mol. The van der Waals surface area contributed by atoms with E-state index in [1.165, 1.54) is 0 Å². The zero-order chi connectivity index (χ0) is 22.2. The molecule has 1 aromatic carbocycles. The molecule has 1 aliphatic rings. The van der Waals surface area contributed by atoms with Crippen molar-refractivity contribution in [3.8, 4) is 5.75 Å². The van der Waals surface area contributed by atoms with Crippen LogP contribution in [0.4, 0.5) is 5.82 Å². The fourth-order valence-corrected chi connectivity index (χ4v) is 4.53. The standard InChI is InChI=1S/C23H26N4O3S/c1-23(2,3)17-7-9-18(10-8-17)31(28,29)26-22-12-11-21(30-4)20-14-19(25-27(20)22)16-6-5-13-24-15-16/h7-15,26H,5-6H2,1-4H3. The number of aromatic nitrogens is 2. The molecular formula is C23H26N4O3S. The highest BCUT2D eigenvalue weighted by Gasteiger charge is 2.20. The van der Waals surface area contributed by atoms with Crippen LogP contribution in [0.5, 0.6) is 5.75 Å². The maximum absolute atomic E-state index is 13.1. The van der Waals surface area contributed by atoms with Gasteiger partial charge in [0.25, 0.3) is 10.0 Å². The highest BCUT2D eigenvalue weighted by atomic mass is 32.2. The number of benzene rings is 1. The van der Waals surface area contributed by atoms with Gasteiger partial charge < -0.3 is 4.74 Å². The molecule has 8 heteroatoms. The molecule has 4 rings (SSSR count). The molecule has 0 saturated carbocycles. The second-order valence-electron chi connectivity index (χ2n) is 8.52. The molecule has 0 amide bonds. The minimum absolute atomic E-state index is 0.0544. The number of hydrogen-bond donors (Lipinski definition) is 1. The molecule has 0 saturated heterocycles. The summed E-state index contributed by atoms with van der Waals surface area (Å²) in [5, 5.41) is 4.64. The third kappa shape index (κ3) is 4.20. The van der Waals surface area contributed by atoms with E-state index in [9.17, 15) is 8.42 Å². The molecule has 0 bridgehead atoms. The van der Waals surface area contributed by atoms with Gasteiger partial charge in [0.2, 0.25) is 0 Å². The first-order valence-corrected chi connectivity index (χ1v) is 11.6. The predicted molar refractivity (Wildman–Crippen MR) is 123 cm³/mol. The third-order valence-corrected chi connectivity index (χ3v) is 6.65. The number of sulfonamides is 1. The number of ether oxygens (including phenoxy) is 1. The van der Waals surface area contributed by atoms with E-state index in [0.717, 1.165) is 29.7 Å². The Hall–Kier alpha value is -3.13. The van der Waals surface area contributed by atoms with E-state index >= 15 is 0 Å². The Morgan fingerprint density at radius 2 is 1.84 bits per heavy atom. The van der Waals surface area contributed by atoms with Crippen LogP contribution in [0.25, 0.3) is 11.1 Å². The highest BCUT2D eigenvalue weighted by Crippen LogP contribution is 2.30. The average Bonchev–Trinajstić information content (AvgIpc) is 3.20. The van der Waals surface area contributed by atoms with Gasteiger partial charge in [-0.2, -0.15) is 5.10 Å². The number of nitrogens with zero attached hydrogens (tertiary/aromatic N) is 3. The van der Waals surface area contributed by atoms with Crippen LogP contribution < -0.4 is 9.46 Å². The van der Waals surface area contributed by atoms with Crippen LogP contribution in [0.15, 0.2) is 58.6 Å². The van der Waals surface area contributed by atoms with Crippen LogP contribution in [-0.2, 0) is 15.4 Å². The maximum Gasteiger partial charge on any atom is 0.263 e. The number of methoxy groups -OCH3 is 1. The van der Waals surface area contributed by atoms with Crippen LogP contribution in [0, 0.1) is 0 Å². The Morgan fingerprint density at radius 3 is 2.45 bits per heavy atom. The Kier molecular flexibility index (Phi) is 5.35. The van der Waals surface area contributed by atoms with Gasteiger partial charge in [0.1, 0.15) is 17.1 Å². The first-order valence-electron chi connectivity index (χ1n) is 10.1. The van der Waals surface area contributed by atoms with Gasteiger partial charge in [0.15, 0.2) is 0 Å². The fraction of sp³-hybridized carbons (Fsp3) is 0.304. The zero-order valence-electron chi connectivity index (χ0n) is 18.1. The number of rotatable bonds is 5. The number of anilines is 1. The lowest BCUT2D eigenvalue weighted by Crippen LogP contribution is -2.16. The molecule has 3 aromatic rings. The second kappa shape index (κ2) is 7.85. The van der Waals surface area contributed by atoms with Gasteiger partial charge >= 0.3 is 0 Å². The Morgan fingerprint density at radius 1 is 1.10 bits per heavy atom. The van der Waals surface area contributed by atoms with Crippen molar-refractivity contribution >= 4 is 33.1 Å². The maximum atomic E-state index is 13.1. The lowest BCUT2D eigenvalue weighted by molar-refractivity contribution is 0.417. The van der Waals surface area contributed by atoms with Crippen LogP contribution in [0.2, 0.25) is 0 Å². The number of nitrogens with one attached hydrogen (secondary N) is 1. The second-order valence-corrected chi connectivity index (χ2v) is 10.2. The van der Waals surface area contributed by atoms with Gasteiger partial charge in [-0.1, -0.05) is 32.9 Å². The summed E-state index contributed by atoms with van der Waals surface area (Å²) in [6.45, 7) is 6.27. The molecule has 0 atom stereocenters. The van der Waals surface area contributed by atoms with Gasteiger partial charge in [0.05, 0.1) is 17.7 Å². The van der Waals surface area contributed by atoms with E-state index in [2.05, 4.69) is 35.6 Å². The summed E-state index contributed by atoms with van der Waals surface area (Å²) in [7, 11) is -2.22. The van der Waals surface area contributed by atoms with Crippen LogP contribution in [-0.4, -0.2) is 31.4 Å². The van der Waals surface area contributed by atoms with Gasteiger partial charge in [0, 0.05) is 12.4 Å². The Labute approximate surface area is 182 Å². The molecule has 1 aliphatic heterocycles. The van der Waals surface area contributed by atoms with Crippen molar-refractivity contribution in [2.75, 3.05) is 11.8 Å². The number of allylic oxidation sites excluding steroid dienone is 1. The molecule has 0 spiro atoms. The molecule has 3 heterocycles. The van der Waals surface area contributed by atoms with E-state index in [0.29, 0.717) is 17.1 Å². The normalized spacial score (nSPS) is 14.5. The highest BCUT2D eigenvalue weighted by molar-refractivity contribution is 7.92. The SMILES string of the molecule is COc1ccc(NS(=O)(=O)c2ccc(C(C)(C)C)cc2)n2nc(C3=CN=CCC3)cc12. The summed E-state index contributed by atoms with van der Waals surface area (Å²) in [6, 6.07) is 12.2. The number of aliphatic imine (C=N–C) groups is 1. The largest absolute Gasteiger partial charge is 0.494 e. The first-order chi connectivity index (χ1) is 14.7.